The molecule has 0 aliphatic rings. The SMILES string of the molecule is COc1ccc(-c2oc(-c3ccccc3)nc2-n2cccn2)cc1. The van der Waals surface area contributed by atoms with Crippen LogP contribution < -0.4 is 4.74 Å². The van der Waals surface area contributed by atoms with E-state index in [0.717, 1.165) is 16.9 Å². The molecule has 4 rings (SSSR count). The molecule has 0 N–H and O–H groups in total. The lowest BCUT2D eigenvalue weighted by molar-refractivity contribution is 0.415. The molecular weight excluding hydrogens is 302 g/mol. The Morgan fingerprint density at radius 1 is 0.917 bits per heavy atom. The van der Waals surface area contributed by atoms with Gasteiger partial charge in [0.05, 0.1) is 7.11 Å². The van der Waals surface area contributed by atoms with Gasteiger partial charge in [0.1, 0.15) is 5.75 Å². The molecule has 0 aliphatic carbocycles. The Bertz CT molecular complexity index is 927. The standard InChI is InChI=1S/C19H15N3O2/c1-23-16-10-8-14(9-11-16)17-18(22-13-5-12-20-22)21-19(24-17)15-6-3-2-4-7-15/h2-13H,1H3. The first-order chi connectivity index (χ1) is 11.8. The van der Waals surface area contributed by atoms with Crippen molar-refractivity contribution in [3.8, 4) is 34.3 Å². The van der Waals surface area contributed by atoms with E-state index in [1.807, 2.05) is 66.9 Å². The Balaban J connectivity index is 1.86. The van der Waals surface area contributed by atoms with Gasteiger partial charge in [0.25, 0.3) is 0 Å². The molecule has 0 amide bonds. The van der Waals surface area contributed by atoms with Gasteiger partial charge < -0.3 is 9.15 Å². The summed E-state index contributed by atoms with van der Waals surface area (Å²) in [4.78, 5) is 4.64. The number of rotatable bonds is 4. The summed E-state index contributed by atoms with van der Waals surface area (Å²) >= 11 is 0. The zero-order valence-electron chi connectivity index (χ0n) is 13.1. The van der Waals surface area contributed by atoms with Gasteiger partial charge in [-0.25, -0.2) is 4.68 Å². The van der Waals surface area contributed by atoms with Crippen LogP contribution in [0.25, 0.3) is 28.6 Å². The number of aromatic nitrogens is 3. The minimum Gasteiger partial charge on any atom is -0.497 e. The number of methoxy groups -OCH3 is 1. The van der Waals surface area contributed by atoms with E-state index < -0.39 is 0 Å². The Kier molecular flexibility index (Phi) is 3.59. The van der Waals surface area contributed by atoms with Gasteiger partial charge in [-0.1, -0.05) is 18.2 Å². The van der Waals surface area contributed by atoms with Crippen LogP contribution >= 0.6 is 0 Å². The van der Waals surface area contributed by atoms with Crippen LogP contribution in [0, 0.1) is 0 Å². The molecule has 5 heteroatoms. The Morgan fingerprint density at radius 3 is 2.38 bits per heavy atom. The molecule has 2 heterocycles. The van der Waals surface area contributed by atoms with E-state index in [-0.39, 0.29) is 0 Å². The second-order valence-electron chi connectivity index (χ2n) is 5.22. The van der Waals surface area contributed by atoms with Crippen LogP contribution in [-0.4, -0.2) is 21.9 Å². The molecule has 2 aromatic heterocycles. The Labute approximate surface area is 139 Å². The molecule has 4 aromatic rings. The van der Waals surface area contributed by atoms with Crippen LogP contribution in [0.1, 0.15) is 0 Å². The second-order valence-corrected chi connectivity index (χ2v) is 5.22. The van der Waals surface area contributed by atoms with Crippen LogP contribution in [0.4, 0.5) is 0 Å². The van der Waals surface area contributed by atoms with E-state index in [4.69, 9.17) is 9.15 Å². The first-order valence-electron chi connectivity index (χ1n) is 7.56. The molecular formula is C19H15N3O2. The summed E-state index contributed by atoms with van der Waals surface area (Å²) in [5, 5.41) is 4.28. The van der Waals surface area contributed by atoms with Crippen molar-refractivity contribution in [1.82, 2.24) is 14.8 Å². The maximum atomic E-state index is 6.07. The largest absolute Gasteiger partial charge is 0.497 e. The monoisotopic (exact) mass is 317 g/mol. The van der Waals surface area contributed by atoms with E-state index >= 15 is 0 Å². The average Bonchev–Trinajstić information content (AvgIpc) is 3.32. The number of hydrogen-bond donors (Lipinski definition) is 0. The van der Waals surface area contributed by atoms with E-state index in [2.05, 4.69) is 10.1 Å². The van der Waals surface area contributed by atoms with Crippen molar-refractivity contribution in [3.05, 3.63) is 73.1 Å². The first-order valence-corrected chi connectivity index (χ1v) is 7.56. The number of nitrogens with zero attached hydrogens (tertiary/aromatic N) is 3. The third-order valence-electron chi connectivity index (χ3n) is 3.70. The minimum absolute atomic E-state index is 0.562. The van der Waals surface area contributed by atoms with E-state index in [1.54, 1.807) is 18.0 Å². The zero-order chi connectivity index (χ0) is 16.4. The van der Waals surface area contributed by atoms with Crippen molar-refractivity contribution in [1.29, 1.82) is 0 Å². The van der Waals surface area contributed by atoms with Gasteiger partial charge >= 0.3 is 0 Å². The third kappa shape index (κ3) is 2.56. The van der Waals surface area contributed by atoms with Gasteiger partial charge in [-0.3, -0.25) is 0 Å². The minimum atomic E-state index is 0.562. The molecule has 0 saturated heterocycles. The van der Waals surface area contributed by atoms with Crippen LogP contribution in [0.2, 0.25) is 0 Å². The highest BCUT2D eigenvalue weighted by atomic mass is 16.5. The highest BCUT2D eigenvalue weighted by molar-refractivity contribution is 5.69. The fraction of sp³-hybridized carbons (Fsp3) is 0.0526. The molecule has 5 nitrogen and oxygen atoms in total. The molecule has 0 aliphatic heterocycles. The quantitative estimate of drug-likeness (QED) is 0.566. The lowest BCUT2D eigenvalue weighted by atomic mass is 10.1. The maximum Gasteiger partial charge on any atom is 0.228 e. The topological polar surface area (TPSA) is 53.1 Å². The summed E-state index contributed by atoms with van der Waals surface area (Å²) in [7, 11) is 1.64. The van der Waals surface area contributed by atoms with Crippen LogP contribution in [0.3, 0.4) is 0 Å². The van der Waals surface area contributed by atoms with Gasteiger partial charge in [-0.05, 0) is 42.5 Å². The molecule has 2 aromatic carbocycles. The Morgan fingerprint density at radius 2 is 1.71 bits per heavy atom. The summed E-state index contributed by atoms with van der Waals surface area (Å²) in [5.41, 5.74) is 1.83. The predicted molar refractivity (Wildman–Crippen MR) is 91.0 cm³/mol. The number of benzene rings is 2. The fourth-order valence-electron chi connectivity index (χ4n) is 2.50. The maximum absolute atomic E-state index is 6.07. The van der Waals surface area contributed by atoms with Crippen molar-refractivity contribution >= 4 is 0 Å². The van der Waals surface area contributed by atoms with E-state index in [9.17, 15) is 0 Å². The Hall–Kier alpha value is -3.34. The first kappa shape index (κ1) is 14.3. The molecule has 0 spiro atoms. The highest BCUT2D eigenvalue weighted by Crippen LogP contribution is 2.32. The van der Waals surface area contributed by atoms with Gasteiger partial charge in [-0.15, -0.1) is 0 Å². The summed E-state index contributed by atoms with van der Waals surface area (Å²) in [6.45, 7) is 0. The summed E-state index contributed by atoms with van der Waals surface area (Å²) in [5.74, 6) is 2.68. The number of hydrogen-bond acceptors (Lipinski definition) is 4. The lowest BCUT2D eigenvalue weighted by Gasteiger charge is -2.03. The fourth-order valence-corrected chi connectivity index (χ4v) is 2.50. The molecule has 0 saturated carbocycles. The van der Waals surface area contributed by atoms with Crippen molar-refractivity contribution in [3.63, 3.8) is 0 Å². The van der Waals surface area contributed by atoms with Crippen molar-refractivity contribution in [2.45, 2.75) is 0 Å². The smallest absolute Gasteiger partial charge is 0.228 e. The summed E-state index contributed by atoms with van der Waals surface area (Å²) in [6.07, 6.45) is 3.56. The van der Waals surface area contributed by atoms with Gasteiger partial charge in [0.15, 0.2) is 5.76 Å². The molecule has 0 unspecified atom stereocenters. The predicted octanol–water partition coefficient (Wildman–Crippen LogP) is 4.20. The van der Waals surface area contributed by atoms with E-state index in [1.165, 1.54) is 0 Å². The summed E-state index contributed by atoms with van der Waals surface area (Å²) < 4.78 is 13.0. The molecule has 0 fully saturated rings. The van der Waals surface area contributed by atoms with Crippen LogP contribution in [0.15, 0.2) is 77.5 Å². The van der Waals surface area contributed by atoms with E-state index in [0.29, 0.717) is 17.5 Å². The lowest BCUT2D eigenvalue weighted by Crippen LogP contribution is -1.96. The van der Waals surface area contributed by atoms with Crippen LogP contribution in [-0.2, 0) is 0 Å². The molecule has 118 valence electrons. The van der Waals surface area contributed by atoms with Crippen molar-refractivity contribution < 1.29 is 9.15 Å². The average molecular weight is 317 g/mol. The number of ether oxygens (including phenoxy) is 1. The molecule has 0 radical (unpaired) electrons. The van der Waals surface area contributed by atoms with Crippen molar-refractivity contribution in [2.24, 2.45) is 0 Å². The highest BCUT2D eigenvalue weighted by Gasteiger charge is 2.18. The van der Waals surface area contributed by atoms with Crippen LogP contribution in [0.5, 0.6) is 5.75 Å². The van der Waals surface area contributed by atoms with Gasteiger partial charge in [0.2, 0.25) is 11.7 Å². The van der Waals surface area contributed by atoms with Gasteiger partial charge in [0, 0.05) is 23.5 Å². The van der Waals surface area contributed by atoms with Gasteiger partial charge in [-0.2, -0.15) is 10.1 Å². The molecule has 0 bridgehead atoms. The molecule has 24 heavy (non-hydrogen) atoms. The number of oxazole rings is 1. The zero-order valence-corrected chi connectivity index (χ0v) is 13.1. The van der Waals surface area contributed by atoms with Crippen molar-refractivity contribution in [2.75, 3.05) is 7.11 Å². The third-order valence-corrected chi connectivity index (χ3v) is 3.70. The normalized spacial score (nSPS) is 10.7. The molecule has 0 atom stereocenters. The second kappa shape index (κ2) is 6.04. The summed E-state index contributed by atoms with van der Waals surface area (Å²) in [6, 6.07) is 19.4.